The van der Waals surface area contributed by atoms with Gasteiger partial charge in [-0.15, -0.1) is 0 Å². The Morgan fingerprint density at radius 2 is 1.90 bits per heavy atom. The highest BCUT2D eigenvalue weighted by Crippen LogP contribution is 2.27. The largest absolute Gasteiger partial charge is 0.338 e. The fraction of sp³-hybridized carbons (Fsp3) is 0.375. The van der Waals surface area contributed by atoms with E-state index in [9.17, 15) is 4.79 Å². The van der Waals surface area contributed by atoms with Crippen LogP contribution in [0.3, 0.4) is 0 Å². The molecule has 0 saturated heterocycles. The van der Waals surface area contributed by atoms with Gasteiger partial charge in [0.15, 0.2) is 0 Å². The Bertz CT molecular complexity index is 589. The summed E-state index contributed by atoms with van der Waals surface area (Å²) in [5, 5.41) is 9.54. The summed E-state index contributed by atoms with van der Waals surface area (Å²) < 4.78 is 5.16. The van der Waals surface area contributed by atoms with Crippen molar-refractivity contribution < 1.29 is 9.32 Å². The number of anilines is 1. The van der Waals surface area contributed by atoms with Crippen molar-refractivity contribution in [3.8, 4) is 11.1 Å². The molecule has 1 aliphatic rings. The van der Waals surface area contributed by atoms with Crippen LogP contribution in [0.1, 0.15) is 32.1 Å². The third-order valence-corrected chi connectivity index (χ3v) is 3.82. The second kappa shape index (κ2) is 6.43. The van der Waals surface area contributed by atoms with Crippen molar-refractivity contribution >= 4 is 11.9 Å². The highest BCUT2D eigenvalue weighted by atomic mass is 16.5. The molecule has 0 atom stereocenters. The molecule has 0 radical (unpaired) electrons. The van der Waals surface area contributed by atoms with E-state index in [1.165, 1.54) is 19.3 Å². The van der Waals surface area contributed by atoms with Crippen molar-refractivity contribution in [2.45, 2.75) is 38.1 Å². The van der Waals surface area contributed by atoms with Crippen LogP contribution in [0.15, 0.2) is 41.1 Å². The molecule has 1 aliphatic carbocycles. The van der Waals surface area contributed by atoms with E-state index < -0.39 is 0 Å². The summed E-state index contributed by atoms with van der Waals surface area (Å²) in [6.45, 7) is 0. The Hall–Kier alpha value is -2.30. The maximum Gasteiger partial charge on any atom is 0.321 e. The van der Waals surface area contributed by atoms with Gasteiger partial charge in [-0.1, -0.05) is 54.8 Å². The van der Waals surface area contributed by atoms with Crippen LogP contribution in [0.4, 0.5) is 10.7 Å². The number of nitrogens with zero attached hydrogens (tertiary/aromatic N) is 1. The lowest BCUT2D eigenvalue weighted by Gasteiger charge is -2.22. The number of hydrogen-bond donors (Lipinski definition) is 2. The number of amides is 2. The lowest BCUT2D eigenvalue weighted by Crippen LogP contribution is -2.39. The van der Waals surface area contributed by atoms with Crippen LogP contribution in [0.2, 0.25) is 0 Å². The van der Waals surface area contributed by atoms with Crippen LogP contribution in [-0.4, -0.2) is 17.2 Å². The van der Waals surface area contributed by atoms with Crippen molar-refractivity contribution in [3.05, 3.63) is 36.5 Å². The van der Waals surface area contributed by atoms with E-state index in [4.69, 9.17) is 4.52 Å². The van der Waals surface area contributed by atoms with E-state index in [0.29, 0.717) is 5.88 Å². The Morgan fingerprint density at radius 1 is 1.14 bits per heavy atom. The van der Waals surface area contributed by atoms with Crippen LogP contribution >= 0.6 is 0 Å². The third-order valence-electron chi connectivity index (χ3n) is 3.82. The van der Waals surface area contributed by atoms with E-state index in [1.807, 2.05) is 30.3 Å². The molecule has 0 spiro atoms. The second-order valence-corrected chi connectivity index (χ2v) is 5.37. The molecular weight excluding hydrogens is 266 g/mol. The Morgan fingerprint density at radius 3 is 2.67 bits per heavy atom. The van der Waals surface area contributed by atoms with Crippen molar-refractivity contribution in [1.82, 2.24) is 10.5 Å². The zero-order valence-corrected chi connectivity index (χ0v) is 11.8. The van der Waals surface area contributed by atoms with E-state index in [2.05, 4.69) is 15.8 Å². The first-order valence-electron chi connectivity index (χ1n) is 7.40. The summed E-state index contributed by atoms with van der Waals surface area (Å²) in [6.07, 6.45) is 7.35. The minimum Gasteiger partial charge on any atom is -0.338 e. The molecule has 110 valence electrons. The molecule has 21 heavy (non-hydrogen) atoms. The van der Waals surface area contributed by atoms with E-state index in [-0.39, 0.29) is 12.1 Å². The van der Waals surface area contributed by atoms with E-state index in [1.54, 1.807) is 6.20 Å². The van der Waals surface area contributed by atoms with Crippen LogP contribution in [0.5, 0.6) is 0 Å². The Labute approximate surface area is 123 Å². The van der Waals surface area contributed by atoms with E-state index in [0.717, 1.165) is 24.0 Å². The predicted molar refractivity (Wildman–Crippen MR) is 81.0 cm³/mol. The first-order valence-corrected chi connectivity index (χ1v) is 7.40. The number of hydrogen-bond acceptors (Lipinski definition) is 3. The standard InChI is InChI=1S/C16H19N3O2/c20-16(18-13-9-5-2-6-10-13)19-15-14(11-17-21-15)12-7-3-1-4-8-12/h1,3-4,7-8,11,13H,2,5-6,9-10H2,(H2,18,19,20). The van der Waals surface area contributed by atoms with Crippen LogP contribution < -0.4 is 10.6 Å². The van der Waals surface area contributed by atoms with Gasteiger partial charge >= 0.3 is 6.03 Å². The van der Waals surface area contributed by atoms with Gasteiger partial charge in [0.1, 0.15) is 0 Å². The molecule has 1 aromatic carbocycles. The van der Waals surface area contributed by atoms with Gasteiger partial charge in [0, 0.05) is 6.04 Å². The van der Waals surface area contributed by atoms with Crippen molar-refractivity contribution in [1.29, 1.82) is 0 Å². The quantitative estimate of drug-likeness (QED) is 0.901. The highest BCUT2D eigenvalue weighted by molar-refractivity contribution is 5.92. The summed E-state index contributed by atoms with van der Waals surface area (Å²) in [5.74, 6) is 0.384. The highest BCUT2D eigenvalue weighted by Gasteiger charge is 2.18. The first kappa shape index (κ1) is 13.7. The smallest absolute Gasteiger partial charge is 0.321 e. The number of urea groups is 1. The fourth-order valence-corrected chi connectivity index (χ4v) is 2.72. The van der Waals surface area contributed by atoms with Crippen LogP contribution in [0, 0.1) is 0 Å². The maximum atomic E-state index is 12.1. The van der Waals surface area contributed by atoms with Gasteiger partial charge in [0.05, 0.1) is 11.8 Å². The lowest BCUT2D eigenvalue weighted by atomic mass is 9.96. The molecule has 1 heterocycles. The second-order valence-electron chi connectivity index (χ2n) is 5.37. The molecule has 2 N–H and O–H groups in total. The fourth-order valence-electron chi connectivity index (χ4n) is 2.72. The van der Waals surface area contributed by atoms with Gasteiger partial charge in [-0.25, -0.2) is 4.79 Å². The van der Waals surface area contributed by atoms with Crippen LogP contribution in [0.25, 0.3) is 11.1 Å². The minimum absolute atomic E-state index is 0.226. The molecule has 0 unspecified atom stereocenters. The molecule has 1 aromatic heterocycles. The topological polar surface area (TPSA) is 67.2 Å². The zero-order valence-electron chi connectivity index (χ0n) is 11.8. The first-order chi connectivity index (χ1) is 10.3. The summed E-state index contributed by atoms with van der Waals surface area (Å²) in [7, 11) is 0. The number of benzene rings is 1. The van der Waals surface area contributed by atoms with Gasteiger partial charge in [-0.05, 0) is 18.4 Å². The lowest BCUT2D eigenvalue weighted by molar-refractivity contribution is 0.243. The predicted octanol–water partition coefficient (Wildman–Crippen LogP) is 3.80. The van der Waals surface area contributed by atoms with E-state index >= 15 is 0 Å². The molecular formula is C16H19N3O2. The van der Waals surface area contributed by atoms with Crippen molar-refractivity contribution in [3.63, 3.8) is 0 Å². The molecule has 5 heteroatoms. The average molecular weight is 285 g/mol. The Kier molecular flexibility index (Phi) is 4.19. The molecule has 1 fully saturated rings. The SMILES string of the molecule is O=C(Nc1oncc1-c1ccccc1)NC1CCCCC1. The number of carbonyl (C=O) groups is 1. The molecule has 0 aliphatic heterocycles. The summed E-state index contributed by atoms with van der Waals surface area (Å²) in [6, 6.07) is 9.77. The van der Waals surface area contributed by atoms with Gasteiger partial charge in [0.2, 0.25) is 5.88 Å². The van der Waals surface area contributed by atoms with Gasteiger partial charge in [-0.2, -0.15) is 0 Å². The normalized spacial score (nSPS) is 15.6. The molecule has 3 rings (SSSR count). The number of nitrogens with one attached hydrogen (secondary N) is 2. The third kappa shape index (κ3) is 3.42. The minimum atomic E-state index is -0.226. The summed E-state index contributed by atoms with van der Waals surface area (Å²) >= 11 is 0. The van der Waals surface area contributed by atoms with Crippen molar-refractivity contribution in [2.75, 3.05) is 5.32 Å². The molecule has 1 saturated carbocycles. The van der Waals surface area contributed by atoms with Gasteiger partial charge < -0.3 is 9.84 Å². The van der Waals surface area contributed by atoms with Crippen molar-refractivity contribution in [2.24, 2.45) is 0 Å². The maximum absolute atomic E-state index is 12.1. The monoisotopic (exact) mass is 285 g/mol. The van der Waals surface area contributed by atoms with Gasteiger partial charge in [-0.3, -0.25) is 5.32 Å². The number of carbonyl (C=O) groups excluding carboxylic acids is 1. The Balaban J connectivity index is 1.65. The summed E-state index contributed by atoms with van der Waals surface area (Å²) in [4.78, 5) is 12.1. The molecule has 2 aromatic rings. The molecule has 2 amide bonds. The van der Waals surface area contributed by atoms with Crippen LogP contribution in [-0.2, 0) is 0 Å². The number of aromatic nitrogens is 1. The molecule has 0 bridgehead atoms. The zero-order chi connectivity index (χ0) is 14.5. The summed E-state index contributed by atoms with van der Waals surface area (Å²) in [5.41, 5.74) is 1.75. The average Bonchev–Trinajstić information content (AvgIpc) is 2.97. The molecule has 5 nitrogen and oxygen atoms in total. The van der Waals surface area contributed by atoms with Gasteiger partial charge in [0.25, 0.3) is 0 Å². The number of rotatable bonds is 3.